The van der Waals surface area contributed by atoms with Crippen LogP contribution in [-0.4, -0.2) is 13.2 Å². The van der Waals surface area contributed by atoms with Gasteiger partial charge in [-0.1, -0.05) is 6.07 Å². The first-order valence-corrected chi connectivity index (χ1v) is 6.79. The van der Waals surface area contributed by atoms with Gasteiger partial charge in [0.1, 0.15) is 11.5 Å². The number of hydrogen-bond acceptors (Lipinski definition) is 4. The highest BCUT2D eigenvalue weighted by Gasteiger charge is 1.97. The zero-order chi connectivity index (χ0) is 14.2. The van der Waals surface area contributed by atoms with E-state index in [9.17, 15) is 0 Å². The Balaban J connectivity index is 1.92. The first kappa shape index (κ1) is 14.1. The monoisotopic (exact) mass is 272 g/mol. The van der Waals surface area contributed by atoms with Crippen LogP contribution in [0, 0.1) is 0 Å². The van der Waals surface area contributed by atoms with Crippen molar-refractivity contribution in [3.8, 4) is 11.5 Å². The van der Waals surface area contributed by atoms with Gasteiger partial charge in [0.2, 0.25) is 0 Å². The van der Waals surface area contributed by atoms with Crippen LogP contribution in [0.25, 0.3) is 0 Å². The van der Waals surface area contributed by atoms with Gasteiger partial charge in [0, 0.05) is 6.07 Å². The molecule has 20 heavy (non-hydrogen) atoms. The number of anilines is 2. The van der Waals surface area contributed by atoms with E-state index in [-0.39, 0.29) is 0 Å². The third-order valence-corrected chi connectivity index (χ3v) is 2.66. The lowest BCUT2D eigenvalue weighted by atomic mass is 10.3. The van der Waals surface area contributed by atoms with E-state index in [0.717, 1.165) is 22.9 Å². The molecule has 2 N–H and O–H groups in total. The van der Waals surface area contributed by atoms with Crippen molar-refractivity contribution in [2.24, 2.45) is 0 Å². The maximum Gasteiger partial charge on any atom is 0.121 e. The molecule has 0 aliphatic carbocycles. The SMILES string of the molecule is CCOc1ccc(NNc2cccc(OCC)c2)cc1. The topological polar surface area (TPSA) is 42.5 Å². The molecule has 2 aromatic rings. The number of ether oxygens (including phenoxy) is 2. The van der Waals surface area contributed by atoms with Crippen molar-refractivity contribution in [3.05, 3.63) is 48.5 Å². The standard InChI is InChI=1S/C16H20N2O2/c1-3-19-15-10-8-13(9-11-15)17-18-14-6-5-7-16(12-14)20-4-2/h5-12,17-18H,3-4H2,1-2H3. The number of rotatable bonds is 7. The van der Waals surface area contributed by atoms with Crippen molar-refractivity contribution in [2.75, 3.05) is 24.1 Å². The fourth-order valence-corrected chi connectivity index (χ4v) is 1.78. The van der Waals surface area contributed by atoms with Gasteiger partial charge in [0.25, 0.3) is 0 Å². The predicted molar refractivity (Wildman–Crippen MR) is 82.5 cm³/mol. The van der Waals surface area contributed by atoms with Crippen molar-refractivity contribution in [3.63, 3.8) is 0 Å². The van der Waals surface area contributed by atoms with E-state index in [1.807, 2.05) is 62.4 Å². The minimum Gasteiger partial charge on any atom is -0.494 e. The van der Waals surface area contributed by atoms with Crippen LogP contribution in [0.3, 0.4) is 0 Å². The second-order valence-corrected chi connectivity index (χ2v) is 4.17. The molecule has 4 heteroatoms. The van der Waals surface area contributed by atoms with E-state index in [0.29, 0.717) is 13.2 Å². The normalized spacial score (nSPS) is 9.90. The van der Waals surface area contributed by atoms with Gasteiger partial charge in [0.15, 0.2) is 0 Å². The smallest absolute Gasteiger partial charge is 0.121 e. The molecule has 0 aromatic heterocycles. The summed E-state index contributed by atoms with van der Waals surface area (Å²) < 4.78 is 10.9. The molecule has 2 aromatic carbocycles. The minimum absolute atomic E-state index is 0.662. The van der Waals surface area contributed by atoms with E-state index in [1.54, 1.807) is 0 Å². The molecule has 0 aliphatic heterocycles. The van der Waals surface area contributed by atoms with E-state index in [1.165, 1.54) is 0 Å². The first-order valence-electron chi connectivity index (χ1n) is 6.79. The van der Waals surface area contributed by atoms with Crippen molar-refractivity contribution >= 4 is 11.4 Å². The minimum atomic E-state index is 0.662. The van der Waals surface area contributed by atoms with Crippen LogP contribution in [0.5, 0.6) is 11.5 Å². The molecule has 0 saturated carbocycles. The van der Waals surface area contributed by atoms with Crippen LogP contribution in [0.4, 0.5) is 11.4 Å². The van der Waals surface area contributed by atoms with Crippen molar-refractivity contribution in [2.45, 2.75) is 13.8 Å². The molecule has 0 fully saturated rings. The maximum atomic E-state index is 5.46. The Bertz CT molecular complexity index is 526. The summed E-state index contributed by atoms with van der Waals surface area (Å²) in [7, 11) is 0. The van der Waals surface area contributed by atoms with E-state index in [2.05, 4.69) is 10.9 Å². The molecular weight excluding hydrogens is 252 g/mol. The summed E-state index contributed by atoms with van der Waals surface area (Å²) in [5, 5.41) is 0. The molecule has 0 aliphatic rings. The molecule has 0 heterocycles. The Hall–Kier alpha value is -2.36. The Morgan fingerprint density at radius 1 is 0.750 bits per heavy atom. The molecule has 0 atom stereocenters. The average molecular weight is 272 g/mol. The second kappa shape index (κ2) is 7.28. The van der Waals surface area contributed by atoms with Gasteiger partial charge in [-0.3, -0.25) is 0 Å². The fraction of sp³-hybridized carbons (Fsp3) is 0.250. The lowest BCUT2D eigenvalue weighted by molar-refractivity contribution is 0.340. The van der Waals surface area contributed by atoms with Gasteiger partial charge in [0.05, 0.1) is 24.6 Å². The van der Waals surface area contributed by atoms with E-state index in [4.69, 9.17) is 9.47 Å². The summed E-state index contributed by atoms with van der Waals surface area (Å²) in [6.07, 6.45) is 0. The van der Waals surface area contributed by atoms with Gasteiger partial charge in [-0.25, -0.2) is 0 Å². The van der Waals surface area contributed by atoms with Crippen LogP contribution < -0.4 is 20.3 Å². The molecule has 0 saturated heterocycles. The summed E-state index contributed by atoms with van der Waals surface area (Å²) in [6.45, 7) is 5.28. The summed E-state index contributed by atoms with van der Waals surface area (Å²) in [4.78, 5) is 0. The molecular formula is C16H20N2O2. The highest BCUT2D eigenvalue weighted by molar-refractivity contribution is 5.55. The number of benzene rings is 2. The zero-order valence-electron chi connectivity index (χ0n) is 11.8. The van der Waals surface area contributed by atoms with Crippen molar-refractivity contribution < 1.29 is 9.47 Å². The van der Waals surface area contributed by atoms with Gasteiger partial charge in [-0.05, 0) is 50.2 Å². The molecule has 0 bridgehead atoms. The summed E-state index contributed by atoms with van der Waals surface area (Å²) in [6, 6.07) is 15.6. The Kier molecular flexibility index (Phi) is 5.12. The van der Waals surface area contributed by atoms with Crippen LogP contribution >= 0.6 is 0 Å². The van der Waals surface area contributed by atoms with Crippen LogP contribution in [0.1, 0.15) is 13.8 Å². The zero-order valence-corrected chi connectivity index (χ0v) is 11.8. The highest BCUT2D eigenvalue weighted by Crippen LogP contribution is 2.19. The number of hydrogen-bond donors (Lipinski definition) is 2. The van der Waals surface area contributed by atoms with Gasteiger partial charge >= 0.3 is 0 Å². The third kappa shape index (κ3) is 4.09. The lowest BCUT2D eigenvalue weighted by Gasteiger charge is -2.11. The summed E-state index contributed by atoms with van der Waals surface area (Å²) in [5.74, 6) is 1.72. The molecule has 0 spiro atoms. The molecule has 0 amide bonds. The number of hydrazine groups is 1. The fourth-order valence-electron chi connectivity index (χ4n) is 1.78. The van der Waals surface area contributed by atoms with Gasteiger partial charge in [-0.2, -0.15) is 0 Å². The van der Waals surface area contributed by atoms with Gasteiger partial charge < -0.3 is 20.3 Å². The molecule has 0 unspecified atom stereocenters. The Morgan fingerprint density at radius 3 is 2.10 bits per heavy atom. The van der Waals surface area contributed by atoms with E-state index < -0.39 is 0 Å². The first-order chi connectivity index (χ1) is 9.81. The maximum absolute atomic E-state index is 5.46. The largest absolute Gasteiger partial charge is 0.494 e. The predicted octanol–water partition coefficient (Wildman–Crippen LogP) is 3.92. The van der Waals surface area contributed by atoms with Gasteiger partial charge in [-0.15, -0.1) is 0 Å². The van der Waals surface area contributed by atoms with E-state index >= 15 is 0 Å². The van der Waals surface area contributed by atoms with Crippen LogP contribution in [0.2, 0.25) is 0 Å². The Labute approximate surface area is 119 Å². The van der Waals surface area contributed by atoms with Crippen LogP contribution in [-0.2, 0) is 0 Å². The molecule has 2 rings (SSSR count). The Morgan fingerprint density at radius 2 is 1.40 bits per heavy atom. The quantitative estimate of drug-likeness (QED) is 0.750. The van der Waals surface area contributed by atoms with Crippen molar-refractivity contribution in [1.29, 1.82) is 0 Å². The molecule has 4 nitrogen and oxygen atoms in total. The number of nitrogens with one attached hydrogen (secondary N) is 2. The average Bonchev–Trinajstić information content (AvgIpc) is 2.48. The lowest BCUT2D eigenvalue weighted by Crippen LogP contribution is -2.08. The second-order valence-electron chi connectivity index (χ2n) is 4.17. The third-order valence-electron chi connectivity index (χ3n) is 2.66. The summed E-state index contributed by atoms with van der Waals surface area (Å²) in [5.41, 5.74) is 8.20. The van der Waals surface area contributed by atoms with Crippen molar-refractivity contribution in [1.82, 2.24) is 0 Å². The summed E-state index contributed by atoms with van der Waals surface area (Å²) >= 11 is 0. The molecule has 106 valence electrons. The highest BCUT2D eigenvalue weighted by atomic mass is 16.5. The van der Waals surface area contributed by atoms with Crippen LogP contribution in [0.15, 0.2) is 48.5 Å². The molecule has 0 radical (unpaired) electrons.